The van der Waals surface area contributed by atoms with Gasteiger partial charge in [0.15, 0.2) is 5.78 Å². The number of piperazine rings is 1. The van der Waals surface area contributed by atoms with Crippen molar-refractivity contribution in [1.82, 2.24) is 20.4 Å². The number of hydrogen-bond acceptors (Lipinski definition) is 7. The number of nitrogens with zero attached hydrogens (tertiary/aromatic N) is 2. The fraction of sp³-hybridized carbons (Fsp3) is 0.577. The summed E-state index contributed by atoms with van der Waals surface area (Å²) in [5.74, 6) is -1.68. The van der Waals surface area contributed by atoms with Crippen LogP contribution < -0.4 is 10.6 Å². The topological polar surface area (TPSA) is 134 Å². The van der Waals surface area contributed by atoms with E-state index >= 15 is 0 Å². The maximum absolute atomic E-state index is 13.5. The maximum Gasteiger partial charge on any atom is 0.410 e. The van der Waals surface area contributed by atoms with Crippen LogP contribution in [0.2, 0.25) is 0 Å². The second-order valence-electron chi connectivity index (χ2n) is 10.3. The molecule has 0 spiro atoms. The molecule has 1 aromatic rings. The summed E-state index contributed by atoms with van der Waals surface area (Å²) < 4.78 is 10.1. The zero-order valence-corrected chi connectivity index (χ0v) is 22.6. The molecule has 2 atom stereocenters. The molecule has 2 N–H and O–H groups in total. The first-order valence-electron chi connectivity index (χ1n) is 12.2. The van der Waals surface area contributed by atoms with Crippen molar-refractivity contribution in [1.29, 1.82) is 0 Å². The molecule has 204 valence electrons. The fourth-order valence-electron chi connectivity index (χ4n) is 3.77. The molecule has 0 saturated carbocycles. The minimum atomic E-state index is -1.10. The molecule has 0 aliphatic carbocycles. The van der Waals surface area contributed by atoms with Crippen molar-refractivity contribution in [2.24, 2.45) is 5.92 Å². The molecular weight excluding hydrogens is 480 g/mol. The third-order valence-corrected chi connectivity index (χ3v) is 5.81. The lowest BCUT2D eigenvalue weighted by atomic mass is 10.0. The maximum atomic E-state index is 13.5. The van der Waals surface area contributed by atoms with Gasteiger partial charge < -0.3 is 29.9 Å². The molecule has 0 bridgehead atoms. The summed E-state index contributed by atoms with van der Waals surface area (Å²) in [6.45, 7) is 10.4. The number of carbonyl (C=O) groups excluding carboxylic acids is 5. The van der Waals surface area contributed by atoms with Crippen molar-refractivity contribution in [3.8, 4) is 0 Å². The van der Waals surface area contributed by atoms with Crippen molar-refractivity contribution < 1.29 is 33.4 Å². The number of aryl methyl sites for hydroxylation is 1. The number of benzene rings is 1. The van der Waals surface area contributed by atoms with Gasteiger partial charge in [-0.05, 0) is 33.6 Å². The lowest BCUT2D eigenvalue weighted by Crippen LogP contribution is -2.65. The van der Waals surface area contributed by atoms with E-state index in [-0.39, 0.29) is 37.9 Å². The summed E-state index contributed by atoms with van der Waals surface area (Å²) in [5, 5.41) is 5.13. The Hall–Kier alpha value is -3.63. The number of ether oxygens (including phenoxy) is 2. The van der Waals surface area contributed by atoms with Crippen molar-refractivity contribution in [2.75, 3.05) is 33.3 Å². The quantitative estimate of drug-likeness (QED) is 0.528. The van der Waals surface area contributed by atoms with Crippen LogP contribution in [0.15, 0.2) is 24.3 Å². The lowest BCUT2D eigenvalue weighted by molar-refractivity contribution is -0.146. The van der Waals surface area contributed by atoms with Gasteiger partial charge in [-0.3, -0.25) is 14.4 Å². The van der Waals surface area contributed by atoms with E-state index in [1.165, 1.54) is 16.9 Å². The summed E-state index contributed by atoms with van der Waals surface area (Å²) >= 11 is 0. The minimum Gasteiger partial charge on any atom is -0.453 e. The van der Waals surface area contributed by atoms with Gasteiger partial charge in [0.2, 0.25) is 11.8 Å². The third-order valence-electron chi connectivity index (χ3n) is 5.81. The molecule has 0 aromatic heterocycles. The molecule has 0 radical (unpaired) electrons. The molecule has 11 heteroatoms. The van der Waals surface area contributed by atoms with E-state index in [4.69, 9.17) is 4.74 Å². The Morgan fingerprint density at radius 1 is 1.05 bits per heavy atom. The second-order valence-corrected chi connectivity index (χ2v) is 10.3. The first-order valence-corrected chi connectivity index (χ1v) is 12.2. The fourth-order valence-corrected chi connectivity index (χ4v) is 3.77. The summed E-state index contributed by atoms with van der Waals surface area (Å²) in [4.78, 5) is 66.6. The smallest absolute Gasteiger partial charge is 0.410 e. The van der Waals surface area contributed by atoms with E-state index in [2.05, 4.69) is 15.4 Å². The van der Waals surface area contributed by atoms with E-state index in [0.29, 0.717) is 5.56 Å². The molecule has 2 rings (SSSR count). The van der Waals surface area contributed by atoms with Crippen LogP contribution in [-0.2, 0) is 19.1 Å². The highest BCUT2D eigenvalue weighted by Gasteiger charge is 2.41. The molecule has 1 saturated heterocycles. The average molecular weight is 519 g/mol. The van der Waals surface area contributed by atoms with Crippen molar-refractivity contribution in [2.45, 2.75) is 59.2 Å². The Balaban J connectivity index is 2.24. The predicted molar refractivity (Wildman–Crippen MR) is 136 cm³/mol. The van der Waals surface area contributed by atoms with Gasteiger partial charge in [0.05, 0.1) is 20.2 Å². The molecule has 1 aliphatic heterocycles. The Morgan fingerprint density at radius 3 is 2.22 bits per heavy atom. The van der Waals surface area contributed by atoms with Crippen LogP contribution in [0.4, 0.5) is 9.59 Å². The number of amides is 4. The largest absolute Gasteiger partial charge is 0.453 e. The van der Waals surface area contributed by atoms with Crippen LogP contribution in [-0.4, -0.2) is 90.6 Å². The highest BCUT2D eigenvalue weighted by Crippen LogP contribution is 2.18. The lowest BCUT2D eigenvalue weighted by Gasteiger charge is -2.42. The SMILES string of the molecule is COC(=O)N[C@H](C(=O)N1CCN(C(=O)OC(C)(C)C)C[C@H]1C(=O)NCC(=O)c1ccc(C)cc1)C(C)C. The van der Waals surface area contributed by atoms with E-state index < -0.39 is 41.7 Å². The van der Waals surface area contributed by atoms with Gasteiger partial charge in [0.25, 0.3) is 0 Å². The molecule has 0 unspecified atom stereocenters. The van der Waals surface area contributed by atoms with Crippen molar-refractivity contribution in [3.05, 3.63) is 35.4 Å². The van der Waals surface area contributed by atoms with Gasteiger partial charge in [-0.15, -0.1) is 0 Å². The molecule has 4 amide bonds. The molecule has 11 nitrogen and oxygen atoms in total. The summed E-state index contributed by atoms with van der Waals surface area (Å²) in [5.41, 5.74) is 0.703. The number of ketones is 1. The van der Waals surface area contributed by atoms with Gasteiger partial charge in [-0.2, -0.15) is 0 Å². The zero-order valence-electron chi connectivity index (χ0n) is 22.6. The zero-order chi connectivity index (χ0) is 27.9. The number of nitrogens with one attached hydrogen (secondary N) is 2. The molecule has 1 fully saturated rings. The van der Waals surface area contributed by atoms with Crippen molar-refractivity contribution in [3.63, 3.8) is 0 Å². The van der Waals surface area contributed by atoms with E-state index in [9.17, 15) is 24.0 Å². The summed E-state index contributed by atoms with van der Waals surface area (Å²) in [7, 11) is 1.19. The van der Waals surface area contributed by atoms with Crippen LogP contribution in [0, 0.1) is 12.8 Å². The van der Waals surface area contributed by atoms with E-state index in [0.717, 1.165) is 5.56 Å². The first-order chi connectivity index (χ1) is 17.2. The van der Waals surface area contributed by atoms with Crippen molar-refractivity contribution >= 4 is 29.8 Å². The van der Waals surface area contributed by atoms with Gasteiger partial charge in [0, 0.05) is 18.7 Å². The first kappa shape index (κ1) is 29.6. The van der Waals surface area contributed by atoms with Crippen LogP contribution in [0.1, 0.15) is 50.5 Å². The van der Waals surface area contributed by atoms with Gasteiger partial charge in [0.1, 0.15) is 17.7 Å². The third kappa shape index (κ3) is 8.47. The number of hydrogen-bond donors (Lipinski definition) is 2. The summed E-state index contributed by atoms with van der Waals surface area (Å²) in [6, 6.07) is 4.91. The van der Waals surface area contributed by atoms with Gasteiger partial charge in [-0.1, -0.05) is 43.7 Å². The average Bonchev–Trinajstić information content (AvgIpc) is 2.83. The molecule has 1 aromatic carbocycles. The Morgan fingerprint density at radius 2 is 1.68 bits per heavy atom. The highest BCUT2D eigenvalue weighted by molar-refractivity contribution is 6.00. The van der Waals surface area contributed by atoms with E-state index in [1.54, 1.807) is 58.9 Å². The van der Waals surface area contributed by atoms with Crippen LogP contribution >= 0.6 is 0 Å². The number of carbonyl (C=O) groups is 5. The molecule has 1 aliphatic rings. The number of Topliss-reactive ketones (excluding diaryl/α,β-unsaturated/α-hetero) is 1. The predicted octanol–water partition coefficient (Wildman–Crippen LogP) is 2.12. The van der Waals surface area contributed by atoms with Gasteiger partial charge in [-0.25, -0.2) is 9.59 Å². The number of rotatable bonds is 7. The van der Waals surface area contributed by atoms with Crippen LogP contribution in [0.3, 0.4) is 0 Å². The minimum absolute atomic E-state index is 0.0359. The monoisotopic (exact) mass is 518 g/mol. The molecule has 37 heavy (non-hydrogen) atoms. The molecule has 1 heterocycles. The van der Waals surface area contributed by atoms with E-state index in [1.807, 2.05) is 6.92 Å². The second kappa shape index (κ2) is 12.6. The number of alkyl carbamates (subject to hydrolysis) is 1. The highest BCUT2D eigenvalue weighted by atomic mass is 16.6. The molecular formula is C26H38N4O7. The normalized spacial score (nSPS) is 16.6. The van der Waals surface area contributed by atoms with Gasteiger partial charge >= 0.3 is 12.2 Å². The summed E-state index contributed by atoms with van der Waals surface area (Å²) in [6.07, 6.45) is -1.38. The standard InChI is InChI=1S/C26H38N4O7/c1-16(2)21(28-24(34)36-7)23(33)30-13-12-29(25(35)37-26(4,5)6)15-19(30)22(32)27-14-20(31)18-10-8-17(3)9-11-18/h8-11,16,19,21H,12-15H2,1-7H3,(H,27,32)(H,28,34)/t19-,21-/m0/s1. The Bertz CT molecular complexity index is 1000. The Kier molecular flexibility index (Phi) is 10.0. The Labute approximate surface area is 217 Å². The number of methoxy groups -OCH3 is 1. The van der Waals surface area contributed by atoms with Crippen LogP contribution in [0.25, 0.3) is 0 Å². The van der Waals surface area contributed by atoms with Crippen LogP contribution in [0.5, 0.6) is 0 Å².